The zero-order chi connectivity index (χ0) is 13.8. The molecule has 1 N–H and O–H groups in total. The van der Waals surface area contributed by atoms with Crippen LogP contribution in [0, 0.1) is 12.7 Å². The molecule has 2 aromatic rings. The molecule has 0 saturated heterocycles. The molecule has 2 rings (SSSR count). The lowest BCUT2D eigenvalue weighted by Gasteiger charge is -2.07. The largest absolute Gasteiger partial charge is 0.326 e. The standard InChI is InChI=1S/C15H13BrFNO/c1-10-5-6-13(9-14(10)16)18-15(19)8-11-3-2-4-12(17)7-11/h2-7,9H,8H2,1H3,(H,18,19). The van der Waals surface area contributed by atoms with Crippen molar-refractivity contribution in [3.63, 3.8) is 0 Å². The van der Waals surface area contributed by atoms with Gasteiger partial charge in [0, 0.05) is 10.2 Å². The lowest BCUT2D eigenvalue weighted by molar-refractivity contribution is -0.115. The van der Waals surface area contributed by atoms with E-state index < -0.39 is 0 Å². The minimum atomic E-state index is -0.330. The molecule has 0 aromatic heterocycles. The minimum Gasteiger partial charge on any atom is -0.326 e. The average molecular weight is 322 g/mol. The van der Waals surface area contributed by atoms with Crippen LogP contribution in [0.15, 0.2) is 46.9 Å². The van der Waals surface area contributed by atoms with Gasteiger partial charge in [-0.25, -0.2) is 4.39 Å². The van der Waals surface area contributed by atoms with Crippen LogP contribution in [-0.2, 0) is 11.2 Å². The van der Waals surface area contributed by atoms with Crippen LogP contribution in [0.3, 0.4) is 0 Å². The third-order valence-electron chi connectivity index (χ3n) is 2.71. The molecule has 0 heterocycles. The number of carbonyl (C=O) groups is 1. The van der Waals surface area contributed by atoms with Gasteiger partial charge in [0.2, 0.25) is 5.91 Å². The molecule has 0 aliphatic carbocycles. The molecular formula is C15H13BrFNO. The van der Waals surface area contributed by atoms with E-state index >= 15 is 0 Å². The Balaban J connectivity index is 2.03. The molecule has 98 valence electrons. The number of amides is 1. The van der Waals surface area contributed by atoms with Crippen LogP contribution >= 0.6 is 15.9 Å². The van der Waals surface area contributed by atoms with E-state index in [0.29, 0.717) is 5.56 Å². The Bertz CT molecular complexity index is 613. The molecular weight excluding hydrogens is 309 g/mol. The van der Waals surface area contributed by atoms with Crippen molar-refractivity contribution in [1.29, 1.82) is 0 Å². The third-order valence-corrected chi connectivity index (χ3v) is 3.56. The summed E-state index contributed by atoms with van der Waals surface area (Å²) < 4.78 is 13.9. The summed E-state index contributed by atoms with van der Waals surface area (Å²) in [5.74, 6) is -0.496. The summed E-state index contributed by atoms with van der Waals surface area (Å²) in [6.07, 6.45) is 0.156. The molecule has 4 heteroatoms. The molecule has 0 spiro atoms. The highest BCUT2D eigenvalue weighted by molar-refractivity contribution is 9.10. The molecule has 0 saturated carbocycles. The van der Waals surface area contributed by atoms with Gasteiger partial charge in [0.15, 0.2) is 0 Å². The fourth-order valence-corrected chi connectivity index (χ4v) is 2.09. The average Bonchev–Trinajstić information content (AvgIpc) is 2.34. The summed E-state index contributed by atoms with van der Waals surface area (Å²) in [5, 5.41) is 2.79. The Morgan fingerprint density at radius 1 is 1.26 bits per heavy atom. The molecule has 0 radical (unpaired) electrons. The van der Waals surface area contributed by atoms with Crippen molar-refractivity contribution in [3.05, 3.63) is 63.9 Å². The second-order valence-corrected chi connectivity index (χ2v) is 5.17. The Labute approximate surface area is 119 Å². The number of benzene rings is 2. The van der Waals surface area contributed by atoms with Crippen LogP contribution in [0.1, 0.15) is 11.1 Å². The van der Waals surface area contributed by atoms with Crippen molar-refractivity contribution in [2.75, 3.05) is 5.32 Å². The van der Waals surface area contributed by atoms with E-state index in [2.05, 4.69) is 21.2 Å². The summed E-state index contributed by atoms with van der Waals surface area (Å²) in [5.41, 5.74) is 2.48. The maximum atomic E-state index is 13.0. The van der Waals surface area contributed by atoms with Gasteiger partial charge < -0.3 is 5.32 Å². The molecule has 19 heavy (non-hydrogen) atoms. The van der Waals surface area contributed by atoms with Gasteiger partial charge in [-0.05, 0) is 42.3 Å². The van der Waals surface area contributed by atoms with Gasteiger partial charge in [0.25, 0.3) is 0 Å². The van der Waals surface area contributed by atoms with E-state index in [1.807, 2.05) is 25.1 Å². The summed E-state index contributed by atoms with van der Waals surface area (Å²) in [6, 6.07) is 11.7. The molecule has 0 aliphatic rings. The van der Waals surface area contributed by atoms with Crippen molar-refractivity contribution in [2.45, 2.75) is 13.3 Å². The first kappa shape index (κ1) is 13.7. The van der Waals surface area contributed by atoms with Gasteiger partial charge >= 0.3 is 0 Å². The zero-order valence-electron chi connectivity index (χ0n) is 10.4. The first-order valence-electron chi connectivity index (χ1n) is 5.85. The van der Waals surface area contributed by atoms with Gasteiger partial charge in [-0.1, -0.05) is 34.1 Å². The minimum absolute atomic E-state index is 0.156. The lowest BCUT2D eigenvalue weighted by atomic mass is 10.1. The highest BCUT2D eigenvalue weighted by Gasteiger charge is 2.06. The topological polar surface area (TPSA) is 29.1 Å². The second-order valence-electron chi connectivity index (χ2n) is 4.32. The maximum absolute atomic E-state index is 13.0. The molecule has 0 fully saturated rings. The summed E-state index contributed by atoms with van der Waals surface area (Å²) in [4.78, 5) is 11.8. The van der Waals surface area contributed by atoms with Crippen molar-refractivity contribution in [3.8, 4) is 0 Å². The Morgan fingerprint density at radius 2 is 2.05 bits per heavy atom. The van der Waals surface area contributed by atoms with Gasteiger partial charge in [-0.15, -0.1) is 0 Å². The lowest BCUT2D eigenvalue weighted by Crippen LogP contribution is -2.14. The highest BCUT2D eigenvalue weighted by Crippen LogP contribution is 2.20. The number of nitrogens with one attached hydrogen (secondary N) is 1. The predicted octanol–water partition coefficient (Wildman–Crippen LogP) is 4.08. The number of aryl methyl sites for hydroxylation is 1. The fraction of sp³-hybridized carbons (Fsp3) is 0.133. The van der Waals surface area contributed by atoms with Crippen molar-refractivity contribution in [1.82, 2.24) is 0 Å². The molecule has 0 unspecified atom stereocenters. The van der Waals surface area contributed by atoms with Gasteiger partial charge in [-0.2, -0.15) is 0 Å². The SMILES string of the molecule is Cc1ccc(NC(=O)Cc2cccc(F)c2)cc1Br. The number of anilines is 1. The number of hydrogen-bond donors (Lipinski definition) is 1. The van der Waals surface area contributed by atoms with Crippen molar-refractivity contribution in [2.24, 2.45) is 0 Å². The van der Waals surface area contributed by atoms with Gasteiger partial charge in [-0.3, -0.25) is 4.79 Å². The Hall–Kier alpha value is -1.68. The van der Waals surface area contributed by atoms with Crippen molar-refractivity contribution >= 4 is 27.5 Å². The third kappa shape index (κ3) is 3.89. The fourth-order valence-electron chi connectivity index (χ4n) is 1.71. The summed E-state index contributed by atoms with van der Waals surface area (Å²) in [7, 11) is 0. The van der Waals surface area contributed by atoms with E-state index in [0.717, 1.165) is 15.7 Å². The molecule has 2 nitrogen and oxygen atoms in total. The molecule has 1 amide bonds. The first-order chi connectivity index (χ1) is 9.04. The molecule has 2 aromatic carbocycles. The van der Waals surface area contributed by atoms with E-state index in [4.69, 9.17) is 0 Å². The van der Waals surface area contributed by atoms with Crippen LogP contribution in [0.4, 0.5) is 10.1 Å². The van der Waals surface area contributed by atoms with Crippen LogP contribution in [0.2, 0.25) is 0 Å². The zero-order valence-corrected chi connectivity index (χ0v) is 12.0. The van der Waals surface area contributed by atoms with Crippen LogP contribution in [0.25, 0.3) is 0 Å². The number of carbonyl (C=O) groups excluding carboxylic acids is 1. The predicted molar refractivity (Wildman–Crippen MR) is 77.6 cm³/mol. The Kier molecular flexibility index (Phi) is 4.32. The molecule has 0 bridgehead atoms. The summed E-state index contributed by atoms with van der Waals surface area (Å²) in [6.45, 7) is 1.97. The quantitative estimate of drug-likeness (QED) is 0.906. The van der Waals surface area contributed by atoms with Gasteiger partial charge in [0.1, 0.15) is 5.82 Å². The van der Waals surface area contributed by atoms with E-state index in [9.17, 15) is 9.18 Å². The number of hydrogen-bond acceptors (Lipinski definition) is 1. The van der Waals surface area contributed by atoms with E-state index in [-0.39, 0.29) is 18.1 Å². The first-order valence-corrected chi connectivity index (χ1v) is 6.64. The summed E-state index contributed by atoms with van der Waals surface area (Å²) >= 11 is 3.41. The Morgan fingerprint density at radius 3 is 2.74 bits per heavy atom. The van der Waals surface area contributed by atoms with Crippen LogP contribution in [0.5, 0.6) is 0 Å². The molecule has 0 aliphatic heterocycles. The van der Waals surface area contributed by atoms with Crippen LogP contribution < -0.4 is 5.32 Å². The van der Waals surface area contributed by atoms with E-state index in [1.165, 1.54) is 12.1 Å². The van der Waals surface area contributed by atoms with E-state index in [1.54, 1.807) is 12.1 Å². The van der Waals surface area contributed by atoms with Crippen molar-refractivity contribution < 1.29 is 9.18 Å². The normalized spacial score (nSPS) is 10.3. The maximum Gasteiger partial charge on any atom is 0.228 e. The van der Waals surface area contributed by atoms with Crippen LogP contribution in [-0.4, -0.2) is 5.91 Å². The number of halogens is 2. The highest BCUT2D eigenvalue weighted by atomic mass is 79.9. The number of rotatable bonds is 3. The molecule has 0 atom stereocenters. The smallest absolute Gasteiger partial charge is 0.228 e. The van der Waals surface area contributed by atoms with Gasteiger partial charge in [0.05, 0.1) is 6.42 Å². The monoisotopic (exact) mass is 321 g/mol. The second kappa shape index (κ2) is 5.97.